The molecule has 0 spiro atoms. The van der Waals surface area contributed by atoms with Crippen LogP contribution in [0.1, 0.15) is 58.4 Å². The van der Waals surface area contributed by atoms with Gasteiger partial charge in [0.2, 0.25) is 0 Å². The van der Waals surface area contributed by atoms with Gasteiger partial charge in [-0.25, -0.2) is 8.78 Å². The number of nitrogens with one attached hydrogen (secondary N) is 1. The Morgan fingerprint density at radius 2 is 1.79 bits per heavy atom. The third kappa shape index (κ3) is 3.30. The number of hydrogen-bond donors (Lipinski definition) is 1. The molecule has 1 N–H and O–H groups in total. The number of carbonyl (C=O) groups excluding carboxylic acids is 1. The molecular formula is C22H20F2N4O. The van der Waals surface area contributed by atoms with Crippen molar-refractivity contribution in [1.29, 1.82) is 0 Å². The fourth-order valence-corrected chi connectivity index (χ4v) is 4.17. The molecule has 148 valence electrons. The number of pyridine rings is 1. The lowest BCUT2D eigenvalue weighted by Crippen LogP contribution is -2.42. The molecule has 0 bridgehead atoms. The molecule has 7 heteroatoms. The number of carbonyl (C=O) groups is 1. The number of nitrogens with zero attached hydrogens (tertiary/aromatic N) is 3. The molecule has 0 aliphatic heterocycles. The monoisotopic (exact) mass is 394 g/mol. The topological polar surface area (TPSA) is 59.8 Å². The maximum Gasteiger partial charge on any atom is 0.251 e. The number of amides is 1. The van der Waals surface area contributed by atoms with E-state index in [1.807, 2.05) is 16.9 Å². The summed E-state index contributed by atoms with van der Waals surface area (Å²) in [6.07, 6.45) is 7.29. The maximum atomic E-state index is 14.7. The van der Waals surface area contributed by atoms with Gasteiger partial charge in [0.05, 0.1) is 24.1 Å². The zero-order valence-corrected chi connectivity index (χ0v) is 15.7. The highest BCUT2D eigenvalue weighted by Gasteiger charge is 2.38. The lowest BCUT2D eigenvalue weighted by Gasteiger charge is -2.32. The summed E-state index contributed by atoms with van der Waals surface area (Å²) in [6.45, 7) is 0. The Morgan fingerprint density at radius 1 is 1.07 bits per heavy atom. The number of aryl methyl sites for hydroxylation is 1. The standard InChI is InChI=1S/C22H20F2N4O/c23-16-10-25-11-17(24)21(16)20-15-12-28(14-6-7-14)27-18(15)8-9-19(20)26-22(29)13-4-2-1-3-5-13/h1-5,10-12,14,19-20H,6-9H2,(H,26,29). The summed E-state index contributed by atoms with van der Waals surface area (Å²) in [6, 6.07) is 8.76. The van der Waals surface area contributed by atoms with E-state index in [2.05, 4.69) is 15.4 Å². The number of benzene rings is 1. The predicted molar refractivity (Wildman–Crippen MR) is 103 cm³/mol. The number of halogens is 2. The average Bonchev–Trinajstić information content (AvgIpc) is 3.48. The Bertz CT molecular complexity index is 1040. The molecule has 2 heterocycles. The highest BCUT2D eigenvalue weighted by Crippen LogP contribution is 2.41. The zero-order chi connectivity index (χ0) is 20.0. The molecule has 2 atom stereocenters. The Hall–Kier alpha value is -3.09. The van der Waals surface area contributed by atoms with Crippen LogP contribution in [-0.2, 0) is 6.42 Å². The van der Waals surface area contributed by atoms with Crippen LogP contribution in [0, 0.1) is 11.6 Å². The first kappa shape index (κ1) is 18.0. The SMILES string of the molecule is O=C(NC1CCc2nn(C3CC3)cc2C1c1c(F)cncc1F)c1ccccc1. The quantitative estimate of drug-likeness (QED) is 0.733. The van der Waals surface area contributed by atoms with Crippen LogP contribution in [-0.4, -0.2) is 26.7 Å². The molecule has 2 unspecified atom stereocenters. The van der Waals surface area contributed by atoms with E-state index in [9.17, 15) is 13.6 Å². The average molecular weight is 394 g/mol. The fraction of sp³-hybridized carbons (Fsp3) is 0.318. The maximum absolute atomic E-state index is 14.7. The lowest BCUT2D eigenvalue weighted by molar-refractivity contribution is 0.0928. The number of fused-ring (bicyclic) bond motifs is 1. The van der Waals surface area contributed by atoms with E-state index in [0.717, 1.165) is 36.5 Å². The van der Waals surface area contributed by atoms with Crippen LogP contribution in [0.15, 0.2) is 48.9 Å². The van der Waals surface area contributed by atoms with Gasteiger partial charge in [0.15, 0.2) is 0 Å². The zero-order valence-electron chi connectivity index (χ0n) is 15.7. The van der Waals surface area contributed by atoms with Gasteiger partial charge in [-0.3, -0.25) is 14.5 Å². The predicted octanol–water partition coefficient (Wildman–Crippen LogP) is 3.77. The lowest BCUT2D eigenvalue weighted by atomic mass is 9.78. The molecule has 29 heavy (non-hydrogen) atoms. The van der Waals surface area contributed by atoms with E-state index in [4.69, 9.17) is 0 Å². The number of aromatic nitrogens is 3. The van der Waals surface area contributed by atoms with Crippen molar-refractivity contribution in [3.8, 4) is 0 Å². The molecule has 0 saturated heterocycles. The van der Waals surface area contributed by atoms with E-state index in [-0.39, 0.29) is 11.5 Å². The third-order valence-electron chi connectivity index (χ3n) is 5.75. The van der Waals surface area contributed by atoms with Crippen molar-refractivity contribution in [2.24, 2.45) is 0 Å². The molecule has 0 radical (unpaired) electrons. The molecule has 1 amide bonds. The van der Waals surface area contributed by atoms with Crippen LogP contribution in [0.3, 0.4) is 0 Å². The Balaban J connectivity index is 1.55. The van der Waals surface area contributed by atoms with Crippen molar-refractivity contribution in [2.45, 2.75) is 43.7 Å². The molecule has 3 aromatic rings. The van der Waals surface area contributed by atoms with Crippen LogP contribution >= 0.6 is 0 Å². The second-order valence-corrected chi connectivity index (χ2v) is 7.72. The van der Waals surface area contributed by atoms with Crippen molar-refractivity contribution in [2.75, 3.05) is 0 Å². The van der Waals surface area contributed by atoms with Crippen molar-refractivity contribution in [1.82, 2.24) is 20.1 Å². The third-order valence-corrected chi connectivity index (χ3v) is 5.75. The first-order valence-electron chi connectivity index (χ1n) is 9.84. The first-order chi connectivity index (χ1) is 14.1. The molecule has 2 aliphatic carbocycles. The summed E-state index contributed by atoms with van der Waals surface area (Å²) in [7, 11) is 0. The smallest absolute Gasteiger partial charge is 0.251 e. The Morgan fingerprint density at radius 3 is 2.48 bits per heavy atom. The van der Waals surface area contributed by atoms with Crippen LogP contribution in [0.4, 0.5) is 8.78 Å². The van der Waals surface area contributed by atoms with E-state index >= 15 is 0 Å². The van der Waals surface area contributed by atoms with Crippen molar-refractivity contribution >= 4 is 5.91 Å². The summed E-state index contributed by atoms with van der Waals surface area (Å²) in [5, 5.41) is 7.67. The molecule has 5 rings (SSSR count). The van der Waals surface area contributed by atoms with Crippen LogP contribution in [0.5, 0.6) is 0 Å². The summed E-state index contributed by atoms with van der Waals surface area (Å²) >= 11 is 0. The normalized spacial score (nSPS) is 20.9. The Labute approximate surface area is 166 Å². The Kier molecular flexibility index (Phi) is 4.38. The van der Waals surface area contributed by atoms with Crippen LogP contribution in [0.2, 0.25) is 0 Å². The van der Waals surface area contributed by atoms with Crippen molar-refractivity contribution in [3.63, 3.8) is 0 Å². The van der Waals surface area contributed by atoms with Gasteiger partial charge >= 0.3 is 0 Å². The molecule has 1 saturated carbocycles. The largest absolute Gasteiger partial charge is 0.348 e. The van der Waals surface area contributed by atoms with Gasteiger partial charge < -0.3 is 5.32 Å². The molecule has 2 aliphatic rings. The van der Waals surface area contributed by atoms with Gasteiger partial charge in [-0.2, -0.15) is 5.10 Å². The molecule has 2 aromatic heterocycles. The first-order valence-corrected chi connectivity index (χ1v) is 9.84. The van der Waals surface area contributed by atoms with Gasteiger partial charge in [0.25, 0.3) is 5.91 Å². The van der Waals surface area contributed by atoms with Crippen molar-refractivity contribution < 1.29 is 13.6 Å². The summed E-state index contributed by atoms with van der Waals surface area (Å²) in [5.74, 6) is -2.32. The summed E-state index contributed by atoms with van der Waals surface area (Å²) in [5.41, 5.74) is 2.09. The summed E-state index contributed by atoms with van der Waals surface area (Å²) < 4.78 is 31.3. The van der Waals surface area contributed by atoms with Crippen LogP contribution in [0.25, 0.3) is 0 Å². The van der Waals surface area contributed by atoms with Gasteiger partial charge in [0.1, 0.15) is 11.6 Å². The molecule has 5 nitrogen and oxygen atoms in total. The van der Waals surface area contributed by atoms with Crippen LogP contribution < -0.4 is 5.32 Å². The fourth-order valence-electron chi connectivity index (χ4n) is 4.17. The minimum atomic E-state index is -0.707. The molecular weight excluding hydrogens is 374 g/mol. The second-order valence-electron chi connectivity index (χ2n) is 7.72. The van der Waals surface area contributed by atoms with Gasteiger partial charge in [-0.1, -0.05) is 18.2 Å². The van der Waals surface area contributed by atoms with Gasteiger partial charge in [0, 0.05) is 34.8 Å². The number of rotatable bonds is 4. The van der Waals surface area contributed by atoms with E-state index in [1.54, 1.807) is 24.3 Å². The molecule has 1 fully saturated rings. The highest BCUT2D eigenvalue weighted by molar-refractivity contribution is 5.94. The van der Waals surface area contributed by atoms with Gasteiger partial charge in [-0.15, -0.1) is 0 Å². The van der Waals surface area contributed by atoms with Gasteiger partial charge in [-0.05, 0) is 37.8 Å². The minimum absolute atomic E-state index is 0.0605. The van der Waals surface area contributed by atoms with E-state index in [1.165, 1.54) is 0 Å². The highest BCUT2D eigenvalue weighted by atomic mass is 19.1. The van der Waals surface area contributed by atoms with E-state index in [0.29, 0.717) is 24.4 Å². The van der Waals surface area contributed by atoms with Crippen molar-refractivity contribution in [3.05, 3.63) is 82.9 Å². The summed E-state index contributed by atoms with van der Waals surface area (Å²) in [4.78, 5) is 16.4. The number of hydrogen-bond acceptors (Lipinski definition) is 3. The van der Waals surface area contributed by atoms with E-state index < -0.39 is 23.6 Å². The minimum Gasteiger partial charge on any atom is -0.348 e. The molecule has 1 aromatic carbocycles. The second kappa shape index (κ2) is 7.06.